The Morgan fingerprint density at radius 2 is 1.33 bits per heavy atom. The Hall–Kier alpha value is -3.73. The summed E-state index contributed by atoms with van der Waals surface area (Å²) < 4.78 is 0. The molecule has 152 valence electrons. The van der Waals surface area contributed by atoms with Crippen molar-refractivity contribution in [3.05, 3.63) is 108 Å². The number of hydrogen-bond donors (Lipinski definition) is 2. The lowest BCUT2D eigenvalue weighted by Gasteiger charge is -2.17. The minimum absolute atomic E-state index is 0.295. The first-order valence-corrected chi connectivity index (χ1v) is 9.88. The van der Waals surface area contributed by atoms with Gasteiger partial charge < -0.3 is 5.32 Å². The van der Waals surface area contributed by atoms with Crippen LogP contribution in [0.2, 0.25) is 0 Å². The van der Waals surface area contributed by atoms with Gasteiger partial charge in [0.1, 0.15) is 6.04 Å². The van der Waals surface area contributed by atoms with Crippen LogP contribution in [-0.4, -0.2) is 23.6 Å². The van der Waals surface area contributed by atoms with Crippen LogP contribution in [0, 0.1) is 0 Å². The molecule has 3 rings (SSSR count). The summed E-state index contributed by atoms with van der Waals surface area (Å²) in [5.41, 5.74) is 5.97. The van der Waals surface area contributed by atoms with E-state index in [1.807, 2.05) is 73.7 Å². The van der Waals surface area contributed by atoms with Crippen molar-refractivity contribution < 1.29 is 9.59 Å². The molecule has 30 heavy (non-hydrogen) atoms. The van der Waals surface area contributed by atoms with Gasteiger partial charge in [-0.1, -0.05) is 78.9 Å². The number of amides is 2. The third-order valence-electron chi connectivity index (χ3n) is 4.60. The Morgan fingerprint density at radius 3 is 1.93 bits per heavy atom. The van der Waals surface area contributed by atoms with Crippen molar-refractivity contribution in [3.8, 4) is 0 Å². The van der Waals surface area contributed by atoms with Crippen molar-refractivity contribution in [1.29, 1.82) is 0 Å². The fourth-order valence-electron chi connectivity index (χ4n) is 3.05. The summed E-state index contributed by atoms with van der Waals surface area (Å²) >= 11 is 0. The van der Waals surface area contributed by atoms with E-state index in [1.54, 1.807) is 24.3 Å². The molecule has 0 saturated heterocycles. The summed E-state index contributed by atoms with van der Waals surface area (Å²) in [6, 6.07) is 27.6. The van der Waals surface area contributed by atoms with Gasteiger partial charge in [0.05, 0.1) is 0 Å². The maximum atomic E-state index is 12.8. The molecule has 0 radical (unpaired) electrons. The Bertz CT molecular complexity index is 987. The van der Waals surface area contributed by atoms with Crippen LogP contribution in [0.5, 0.6) is 0 Å². The Labute approximate surface area is 176 Å². The van der Waals surface area contributed by atoms with Gasteiger partial charge >= 0.3 is 0 Å². The van der Waals surface area contributed by atoms with Crippen molar-refractivity contribution in [2.75, 3.05) is 0 Å². The molecule has 0 aliphatic rings. The summed E-state index contributed by atoms with van der Waals surface area (Å²) in [4.78, 5) is 25.4. The minimum Gasteiger partial charge on any atom is -0.340 e. The maximum Gasteiger partial charge on any atom is 0.262 e. The highest BCUT2D eigenvalue weighted by atomic mass is 16.2. The van der Waals surface area contributed by atoms with Gasteiger partial charge in [0.15, 0.2) is 0 Å². The van der Waals surface area contributed by atoms with Crippen LogP contribution in [0.3, 0.4) is 0 Å². The van der Waals surface area contributed by atoms with Crippen molar-refractivity contribution in [3.63, 3.8) is 0 Å². The number of nitrogens with one attached hydrogen (secondary N) is 2. The molecule has 2 amide bonds. The van der Waals surface area contributed by atoms with Crippen molar-refractivity contribution in [1.82, 2.24) is 10.7 Å². The molecule has 1 atom stereocenters. The van der Waals surface area contributed by atoms with Crippen LogP contribution < -0.4 is 10.7 Å². The number of hydrazone groups is 1. The summed E-state index contributed by atoms with van der Waals surface area (Å²) in [5, 5.41) is 7.06. The molecule has 5 heteroatoms. The first-order chi connectivity index (χ1) is 14.6. The van der Waals surface area contributed by atoms with Crippen LogP contribution in [0.25, 0.3) is 0 Å². The number of nitrogens with zero attached hydrogens (tertiary/aromatic N) is 1. The van der Waals surface area contributed by atoms with Gasteiger partial charge in [0.2, 0.25) is 0 Å². The highest BCUT2D eigenvalue weighted by molar-refractivity contribution is 5.97. The largest absolute Gasteiger partial charge is 0.340 e. The molecule has 2 N–H and O–H groups in total. The Kier molecular flexibility index (Phi) is 7.50. The molecule has 3 aromatic rings. The van der Waals surface area contributed by atoms with Gasteiger partial charge in [0, 0.05) is 24.1 Å². The van der Waals surface area contributed by atoms with E-state index in [-0.39, 0.29) is 11.8 Å². The van der Waals surface area contributed by atoms with Gasteiger partial charge in [-0.05, 0) is 30.2 Å². The Morgan fingerprint density at radius 1 is 0.800 bits per heavy atom. The molecule has 0 aliphatic heterocycles. The standard InChI is InChI=1S/C25H25N3O2/c1-19(17-20-11-5-2-6-12-20)27-28-25(30)23(18-21-13-7-3-8-14-21)26-24(29)22-15-9-4-10-16-22/h2-16,23H,17-18H2,1H3,(H,26,29)(H,28,30)/b27-19-. The number of carbonyl (C=O) groups is 2. The molecule has 3 aromatic carbocycles. The van der Waals surface area contributed by atoms with Crippen LogP contribution in [0.4, 0.5) is 0 Å². The summed E-state index contributed by atoms with van der Waals surface area (Å²) in [6.45, 7) is 1.86. The molecule has 0 saturated carbocycles. The monoisotopic (exact) mass is 399 g/mol. The predicted octanol–water partition coefficient (Wildman–Crippen LogP) is 3.76. The lowest BCUT2D eigenvalue weighted by molar-refractivity contribution is -0.122. The topological polar surface area (TPSA) is 70.6 Å². The fraction of sp³-hybridized carbons (Fsp3) is 0.160. The van der Waals surface area contributed by atoms with E-state index in [4.69, 9.17) is 0 Å². The van der Waals surface area contributed by atoms with E-state index in [0.29, 0.717) is 18.4 Å². The first kappa shape index (κ1) is 21.0. The number of rotatable bonds is 8. The fourth-order valence-corrected chi connectivity index (χ4v) is 3.05. The molecular weight excluding hydrogens is 374 g/mol. The van der Waals surface area contributed by atoms with E-state index in [1.165, 1.54) is 0 Å². The van der Waals surface area contributed by atoms with Gasteiger partial charge in [-0.2, -0.15) is 5.10 Å². The molecular formula is C25H25N3O2. The van der Waals surface area contributed by atoms with Crippen molar-refractivity contribution in [2.24, 2.45) is 5.10 Å². The van der Waals surface area contributed by atoms with Crippen molar-refractivity contribution >= 4 is 17.5 Å². The Balaban J connectivity index is 1.69. The number of benzene rings is 3. The molecule has 0 aromatic heterocycles. The maximum absolute atomic E-state index is 12.8. The van der Waals surface area contributed by atoms with E-state index in [2.05, 4.69) is 15.8 Å². The van der Waals surface area contributed by atoms with Crippen LogP contribution in [0.15, 0.2) is 96.1 Å². The molecule has 0 fully saturated rings. The van der Waals surface area contributed by atoms with Gasteiger partial charge in [-0.25, -0.2) is 5.43 Å². The molecule has 5 nitrogen and oxygen atoms in total. The average Bonchev–Trinajstić information content (AvgIpc) is 2.79. The van der Waals surface area contributed by atoms with Gasteiger partial charge in [-0.15, -0.1) is 0 Å². The van der Waals surface area contributed by atoms with Crippen LogP contribution in [-0.2, 0) is 17.6 Å². The molecule has 0 bridgehead atoms. The normalized spacial score (nSPS) is 12.1. The lowest BCUT2D eigenvalue weighted by Crippen LogP contribution is -2.47. The second-order valence-electron chi connectivity index (χ2n) is 7.07. The smallest absolute Gasteiger partial charge is 0.262 e. The highest BCUT2D eigenvalue weighted by Gasteiger charge is 2.22. The summed E-state index contributed by atoms with van der Waals surface area (Å²) in [5.74, 6) is -0.646. The van der Waals surface area contributed by atoms with Gasteiger partial charge in [-0.3, -0.25) is 9.59 Å². The third-order valence-corrected chi connectivity index (χ3v) is 4.60. The molecule has 1 unspecified atom stereocenters. The predicted molar refractivity (Wildman–Crippen MR) is 119 cm³/mol. The van der Waals surface area contributed by atoms with Crippen LogP contribution >= 0.6 is 0 Å². The zero-order chi connectivity index (χ0) is 21.2. The van der Waals surface area contributed by atoms with Crippen molar-refractivity contribution in [2.45, 2.75) is 25.8 Å². The average molecular weight is 399 g/mol. The van der Waals surface area contributed by atoms with E-state index >= 15 is 0 Å². The summed E-state index contributed by atoms with van der Waals surface area (Å²) in [6.07, 6.45) is 1.01. The molecule has 0 spiro atoms. The van der Waals surface area contributed by atoms with Gasteiger partial charge in [0.25, 0.3) is 11.8 Å². The lowest BCUT2D eigenvalue weighted by atomic mass is 10.0. The number of carbonyl (C=O) groups excluding carboxylic acids is 2. The van der Waals surface area contributed by atoms with Crippen LogP contribution in [0.1, 0.15) is 28.4 Å². The molecule has 0 aliphatic carbocycles. The SMILES string of the molecule is C/C(Cc1ccccc1)=N/NC(=O)C(Cc1ccccc1)NC(=O)c1ccccc1. The second kappa shape index (κ2) is 10.7. The third kappa shape index (κ3) is 6.41. The van der Waals surface area contributed by atoms with E-state index < -0.39 is 6.04 Å². The quantitative estimate of drug-likeness (QED) is 0.447. The highest BCUT2D eigenvalue weighted by Crippen LogP contribution is 2.06. The first-order valence-electron chi connectivity index (χ1n) is 9.88. The zero-order valence-electron chi connectivity index (χ0n) is 16.9. The molecule has 0 heterocycles. The van der Waals surface area contributed by atoms with E-state index in [0.717, 1.165) is 16.8 Å². The number of hydrogen-bond acceptors (Lipinski definition) is 3. The zero-order valence-corrected chi connectivity index (χ0v) is 16.9. The minimum atomic E-state index is -0.742. The second-order valence-corrected chi connectivity index (χ2v) is 7.07. The van der Waals surface area contributed by atoms with E-state index in [9.17, 15) is 9.59 Å². The summed E-state index contributed by atoms with van der Waals surface area (Å²) in [7, 11) is 0.